The highest BCUT2D eigenvalue weighted by molar-refractivity contribution is 8.43. The summed E-state index contributed by atoms with van der Waals surface area (Å²) in [6, 6.07) is 0. The number of unbranched alkanes of at least 4 members (excludes halogenated alkanes) is 8. The lowest BCUT2D eigenvalue weighted by Crippen LogP contribution is -2.25. The average molecular weight is 397 g/mol. The molecule has 0 aromatic carbocycles. The first-order chi connectivity index (χ1) is 12.0. The molecule has 152 valence electrons. The Kier molecular flexibility index (Phi) is 16.6. The Morgan fingerprint density at radius 1 is 0.960 bits per heavy atom. The largest absolute Gasteiger partial charge is 0.768 e. The van der Waals surface area contributed by atoms with E-state index in [2.05, 4.69) is 18.6 Å². The molecule has 0 aromatic heterocycles. The van der Waals surface area contributed by atoms with Crippen LogP contribution in [0.15, 0.2) is 0 Å². The fourth-order valence-corrected chi connectivity index (χ4v) is 4.82. The maximum Gasteiger partial charge on any atom is 0.237 e. The summed E-state index contributed by atoms with van der Waals surface area (Å²) in [5.74, 6) is 0.215. The van der Waals surface area contributed by atoms with Crippen LogP contribution in [0.3, 0.4) is 0 Å². The van der Waals surface area contributed by atoms with Crippen LogP contribution in [0.4, 0.5) is 0 Å². The van der Waals surface area contributed by atoms with Crippen molar-refractivity contribution in [3.8, 4) is 0 Å². The van der Waals surface area contributed by atoms with E-state index >= 15 is 0 Å². The predicted octanol–water partition coefficient (Wildman–Crippen LogP) is 5.08. The summed E-state index contributed by atoms with van der Waals surface area (Å²) in [4.78, 5) is 11.9. The minimum Gasteiger partial charge on any atom is -0.768 e. The van der Waals surface area contributed by atoms with Crippen molar-refractivity contribution < 1.29 is 18.2 Å². The number of nitrogens with one attached hydrogen (secondary N) is 1. The monoisotopic (exact) mass is 396 g/mol. The highest BCUT2D eigenvalue weighted by Gasteiger charge is 2.19. The van der Waals surface area contributed by atoms with E-state index in [0.29, 0.717) is 6.54 Å². The summed E-state index contributed by atoms with van der Waals surface area (Å²) in [6.45, 7) is 2.58. The molecule has 1 N–H and O–H groups in total. The first kappa shape index (κ1) is 25.3. The quantitative estimate of drug-likeness (QED) is 0.259. The second-order valence-corrected chi connectivity index (χ2v) is 11.1. The second kappa shape index (κ2) is 16.4. The molecule has 0 aliphatic rings. The Morgan fingerprint density at radius 3 is 2.08 bits per heavy atom. The summed E-state index contributed by atoms with van der Waals surface area (Å²) < 4.78 is 31.4. The summed E-state index contributed by atoms with van der Waals surface area (Å²) in [5.41, 5.74) is 0. The van der Waals surface area contributed by atoms with E-state index in [1.165, 1.54) is 32.1 Å². The highest BCUT2D eigenvalue weighted by atomic mass is 32.8. The molecule has 5 nitrogen and oxygen atoms in total. The zero-order valence-corrected chi connectivity index (χ0v) is 18.2. The SMILES string of the molecule is CCCCCCCCCCNS(=O)P(=O)([O-])OCC(CC)CCCC. The number of hydrogen-bond donors (Lipinski definition) is 1. The van der Waals surface area contributed by atoms with Crippen molar-refractivity contribution >= 4 is 17.4 Å². The third-order valence-corrected chi connectivity index (χ3v) is 7.72. The summed E-state index contributed by atoms with van der Waals surface area (Å²) in [7, 11) is -2.14. The van der Waals surface area contributed by atoms with Gasteiger partial charge in [0.15, 0.2) is 10.6 Å². The van der Waals surface area contributed by atoms with Crippen LogP contribution in [0.1, 0.15) is 97.8 Å². The average Bonchev–Trinajstić information content (AvgIpc) is 2.60. The van der Waals surface area contributed by atoms with Crippen LogP contribution in [-0.4, -0.2) is 17.4 Å². The standard InChI is InChI=1S/C18H40NO4PS/c1-4-7-9-10-11-12-13-14-16-19-25(22)24(20,21)23-17-18(6-3)15-8-5-2/h18-19H,4-17H2,1-3H3,(H,20,21)/p-1. The molecule has 3 atom stereocenters. The zero-order chi connectivity index (χ0) is 19.0. The van der Waals surface area contributed by atoms with Gasteiger partial charge in [-0.1, -0.05) is 85.0 Å². The fourth-order valence-electron chi connectivity index (χ4n) is 2.64. The first-order valence-corrected chi connectivity index (χ1v) is 13.4. The maximum atomic E-state index is 11.9. The van der Waals surface area contributed by atoms with E-state index in [-0.39, 0.29) is 12.5 Å². The van der Waals surface area contributed by atoms with Gasteiger partial charge in [-0.25, -0.2) is 8.93 Å². The number of rotatable bonds is 18. The predicted molar refractivity (Wildman–Crippen MR) is 106 cm³/mol. The van der Waals surface area contributed by atoms with Crippen LogP contribution >= 0.6 is 6.80 Å². The molecule has 0 aliphatic carbocycles. The highest BCUT2D eigenvalue weighted by Crippen LogP contribution is 2.41. The van der Waals surface area contributed by atoms with Gasteiger partial charge in [0.2, 0.25) is 6.80 Å². The molecule has 0 radical (unpaired) electrons. The minimum absolute atomic E-state index is 0.141. The molecule has 0 spiro atoms. The van der Waals surface area contributed by atoms with Gasteiger partial charge in [-0.05, 0) is 18.8 Å². The third-order valence-electron chi connectivity index (χ3n) is 4.47. The fraction of sp³-hybridized carbons (Fsp3) is 1.00. The number of hydrogen-bond acceptors (Lipinski definition) is 4. The maximum absolute atomic E-state index is 11.9. The Balaban J connectivity index is 3.82. The summed E-state index contributed by atoms with van der Waals surface area (Å²) >= 11 is 0. The van der Waals surface area contributed by atoms with Gasteiger partial charge < -0.3 is 9.42 Å². The van der Waals surface area contributed by atoms with Gasteiger partial charge in [0.05, 0.1) is 6.61 Å². The lowest BCUT2D eigenvalue weighted by Gasteiger charge is -2.25. The van der Waals surface area contributed by atoms with E-state index in [1.807, 2.05) is 6.92 Å². The molecule has 0 aliphatic heterocycles. The molecule has 7 heteroatoms. The van der Waals surface area contributed by atoms with Gasteiger partial charge in [0.25, 0.3) is 0 Å². The van der Waals surface area contributed by atoms with Crippen molar-refractivity contribution in [2.24, 2.45) is 5.92 Å². The Bertz CT molecular complexity index is 382. The van der Waals surface area contributed by atoms with E-state index in [0.717, 1.165) is 44.9 Å². The molecule has 0 rings (SSSR count). The Labute approximate surface area is 157 Å². The minimum atomic E-state index is -4.35. The van der Waals surface area contributed by atoms with Crippen LogP contribution in [0, 0.1) is 5.92 Å². The molecule has 0 heterocycles. The van der Waals surface area contributed by atoms with Gasteiger partial charge in [0, 0.05) is 6.54 Å². The van der Waals surface area contributed by atoms with Crippen molar-refractivity contribution in [3.05, 3.63) is 0 Å². The first-order valence-electron chi connectivity index (χ1n) is 10.1. The molecule has 25 heavy (non-hydrogen) atoms. The molecule has 0 aromatic rings. The van der Waals surface area contributed by atoms with Crippen molar-refractivity contribution in [1.29, 1.82) is 0 Å². The topological polar surface area (TPSA) is 78.5 Å². The molecule has 0 saturated heterocycles. The Hall–Kier alpha value is 0.260. The van der Waals surface area contributed by atoms with Crippen molar-refractivity contribution in [1.82, 2.24) is 4.72 Å². The second-order valence-electron chi connectivity index (χ2n) is 6.78. The van der Waals surface area contributed by atoms with Crippen LogP contribution in [0.2, 0.25) is 0 Å². The van der Waals surface area contributed by atoms with E-state index in [9.17, 15) is 13.7 Å². The van der Waals surface area contributed by atoms with Crippen molar-refractivity contribution in [2.75, 3.05) is 13.2 Å². The van der Waals surface area contributed by atoms with Crippen molar-refractivity contribution in [2.45, 2.75) is 97.8 Å². The smallest absolute Gasteiger partial charge is 0.237 e. The van der Waals surface area contributed by atoms with Gasteiger partial charge in [-0.2, -0.15) is 0 Å². The van der Waals surface area contributed by atoms with Gasteiger partial charge in [0.1, 0.15) is 0 Å². The Morgan fingerprint density at radius 2 is 1.52 bits per heavy atom. The molecule has 3 unspecified atom stereocenters. The molecule has 0 saturated carbocycles. The van der Waals surface area contributed by atoms with E-state index in [4.69, 9.17) is 4.52 Å². The molecule has 0 fully saturated rings. The molecular weight excluding hydrogens is 357 g/mol. The lowest BCUT2D eigenvalue weighted by atomic mass is 10.0. The van der Waals surface area contributed by atoms with Gasteiger partial charge >= 0.3 is 0 Å². The van der Waals surface area contributed by atoms with Crippen LogP contribution in [0.5, 0.6) is 0 Å². The van der Waals surface area contributed by atoms with Crippen LogP contribution in [0.25, 0.3) is 0 Å². The zero-order valence-electron chi connectivity index (χ0n) is 16.5. The van der Waals surface area contributed by atoms with Crippen molar-refractivity contribution in [3.63, 3.8) is 0 Å². The van der Waals surface area contributed by atoms with Gasteiger partial charge in [-0.3, -0.25) is 4.57 Å². The van der Waals surface area contributed by atoms with Gasteiger partial charge in [-0.15, -0.1) is 0 Å². The summed E-state index contributed by atoms with van der Waals surface area (Å²) in [6.07, 6.45) is 13.3. The van der Waals surface area contributed by atoms with E-state index in [1.54, 1.807) is 0 Å². The molecular formula is C18H39NO4PS-. The third kappa shape index (κ3) is 14.0. The molecule has 0 amide bonds. The van der Waals surface area contributed by atoms with Crippen LogP contribution < -0.4 is 9.62 Å². The van der Waals surface area contributed by atoms with E-state index < -0.39 is 17.4 Å². The summed E-state index contributed by atoms with van der Waals surface area (Å²) in [5, 5.41) is 0. The van der Waals surface area contributed by atoms with Crippen LogP contribution in [-0.2, 0) is 19.7 Å². The molecule has 0 bridgehead atoms. The normalized spacial score (nSPS) is 16.5. The lowest BCUT2D eigenvalue weighted by molar-refractivity contribution is -0.191.